The molecule has 0 radical (unpaired) electrons. The minimum absolute atomic E-state index is 0.755. The predicted molar refractivity (Wildman–Crippen MR) is 57.5 cm³/mol. The van der Waals surface area contributed by atoms with Gasteiger partial charge in [-0.15, -0.1) is 0 Å². The quantitative estimate of drug-likeness (QED) is 0.344. The average molecular weight is 199 g/mol. The van der Waals surface area contributed by atoms with Crippen LogP contribution in [0.15, 0.2) is 29.4 Å². The Morgan fingerprint density at radius 1 is 1.31 bits per heavy atom. The molecule has 0 saturated heterocycles. The van der Waals surface area contributed by atoms with Crippen LogP contribution in [0.4, 0.5) is 0 Å². The molecule has 1 rings (SSSR count). The summed E-state index contributed by atoms with van der Waals surface area (Å²) >= 11 is 0. The Morgan fingerprint density at radius 3 is 2.23 bits per heavy atom. The van der Waals surface area contributed by atoms with Gasteiger partial charge in [-0.25, -0.2) is 0 Å². The lowest BCUT2D eigenvalue weighted by Crippen LogP contribution is -1.80. The van der Waals surface area contributed by atoms with Crippen LogP contribution in [0.1, 0.15) is 19.4 Å². The Morgan fingerprint density at radius 2 is 1.85 bits per heavy atom. The van der Waals surface area contributed by atoms with Gasteiger partial charge in [0.1, 0.15) is 5.75 Å². The standard InChI is InChI=1S/C7H8NO2P.C2H6/c9-8-5-6-1-3-7(10-11)4-2-6;1-2/h1-5,9H,11H2;1-2H3/b8-5-;. The lowest BCUT2D eigenvalue weighted by molar-refractivity contribution is 0.322. The third-order valence-electron chi connectivity index (χ3n) is 1.22. The van der Waals surface area contributed by atoms with Crippen molar-refractivity contribution in [3.8, 4) is 5.75 Å². The van der Waals surface area contributed by atoms with Crippen LogP contribution in [0.5, 0.6) is 5.75 Å². The average Bonchev–Trinajstić information content (AvgIpc) is 2.23. The fourth-order valence-corrected chi connectivity index (χ4v) is 0.856. The number of nitrogens with zero attached hydrogens (tertiary/aromatic N) is 1. The first-order chi connectivity index (χ1) is 6.36. The molecule has 0 bridgehead atoms. The van der Waals surface area contributed by atoms with Crippen LogP contribution in [0.2, 0.25) is 0 Å². The van der Waals surface area contributed by atoms with E-state index >= 15 is 0 Å². The Balaban J connectivity index is 0.000000671. The summed E-state index contributed by atoms with van der Waals surface area (Å²) in [6.45, 7) is 4.00. The Kier molecular flexibility index (Phi) is 6.93. The highest BCUT2D eigenvalue weighted by Crippen LogP contribution is 2.12. The van der Waals surface area contributed by atoms with E-state index in [1.807, 2.05) is 13.8 Å². The van der Waals surface area contributed by atoms with Gasteiger partial charge in [-0.2, -0.15) is 0 Å². The first-order valence-corrected chi connectivity index (χ1v) is 4.48. The highest BCUT2D eigenvalue weighted by Gasteiger charge is 1.89. The van der Waals surface area contributed by atoms with Crippen molar-refractivity contribution in [1.82, 2.24) is 0 Å². The number of oxime groups is 1. The largest absolute Gasteiger partial charge is 0.480 e. The summed E-state index contributed by atoms with van der Waals surface area (Å²) in [6, 6.07) is 7.15. The van der Waals surface area contributed by atoms with E-state index in [-0.39, 0.29) is 0 Å². The van der Waals surface area contributed by atoms with Crippen molar-refractivity contribution in [2.24, 2.45) is 5.16 Å². The SMILES string of the molecule is CC.O/N=C\c1ccc(OP)cc1. The van der Waals surface area contributed by atoms with Gasteiger partial charge in [0.25, 0.3) is 0 Å². The number of rotatable bonds is 2. The van der Waals surface area contributed by atoms with E-state index in [1.54, 1.807) is 24.3 Å². The highest BCUT2D eigenvalue weighted by atomic mass is 31.0. The molecule has 13 heavy (non-hydrogen) atoms. The molecular weight excluding hydrogens is 185 g/mol. The molecule has 1 atom stereocenters. The first-order valence-electron chi connectivity index (χ1n) is 4.01. The summed E-state index contributed by atoms with van der Waals surface area (Å²) in [7, 11) is 2.15. The van der Waals surface area contributed by atoms with Gasteiger partial charge in [0.05, 0.1) is 15.7 Å². The molecular formula is C9H14NO2P. The molecule has 1 aromatic carbocycles. The fourth-order valence-electron chi connectivity index (χ4n) is 0.699. The van der Waals surface area contributed by atoms with Crippen molar-refractivity contribution < 1.29 is 9.73 Å². The van der Waals surface area contributed by atoms with Gasteiger partial charge < -0.3 is 9.73 Å². The van der Waals surface area contributed by atoms with Gasteiger partial charge >= 0.3 is 0 Å². The van der Waals surface area contributed by atoms with Crippen molar-refractivity contribution in [1.29, 1.82) is 0 Å². The van der Waals surface area contributed by atoms with Crippen LogP contribution in [0.25, 0.3) is 0 Å². The molecule has 0 spiro atoms. The van der Waals surface area contributed by atoms with Crippen LogP contribution in [-0.4, -0.2) is 11.4 Å². The lowest BCUT2D eigenvalue weighted by Gasteiger charge is -1.97. The second-order valence-electron chi connectivity index (χ2n) is 1.93. The van der Waals surface area contributed by atoms with Crippen molar-refractivity contribution >= 4 is 15.7 Å². The number of hydrogen-bond acceptors (Lipinski definition) is 3. The molecule has 0 aliphatic heterocycles. The van der Waals surface area contributed by atoms with Crippen molar-refractivity contribution in [2.45, 2.75) is 13.8 Å². The second kappa shape index (κ2) is 7.56. The summed E-state index contributed by atoms with van der Waals surface area (Å²) < 4.78 is 4.86. The monoisotopic (exact) mass is 199 g/mol. The van der Waals surface area contributed by atoms with Gasteiger partial charge in [0.2, 0.25) is 0 Å². The number of hydrogen-bond donors (Lipinski definition) is 1. The summed E-state index contributed by atoms with van der Waals surface area (Å²) in [6.07, 6.45) is 1.35. The van der Waals surface area contributed by atoms with Gasteiger partial charge in [0, 0.05) is 0 Å². The van der Waals surface area contributed by atoms with E-state index in [4.69, 9.17) is 9.73 Å². The molecule has 1 unspecified atom stereocenters. The van der Waals surface area contributed by atoms with E-state index in [0.29, 0.717) is 0 Å². The highest BCUT2D eigenvalue weighted by molar-refractivity contribution is 7.10. The lowest BCUT2D eigenvalue weighted by atomic mass is 10.2. The second-order valence-corrected chi connectivity index (χ2v) is 2.17. The molecule has 3 nitrogen and oxygen atoms in total. The molecule has 0 aromatic heterocycles. The third kappa shape index (κ3) is 4.48. The molecule has 0 aliphatic rings. The molecule has 1 N–H and O–H groups in total. The summed E-state index contributed by atoms with van der Waals surface area (Å²) in [5.41, 5.74) is 0.832. The van der Waals surface area contributed by atoms with Crippen LogP contribution < -0.4 is 4.52 Å². The first kappa shape index (κ1) is 11.9. The minimum atomic E-state index is 0.755. The van der Waals surface area contributed by atoms with Crippen molar-refractivity contribution in [2.75, 3.05) is 0 Å². The maximum absolute atomic E-state index is 8.18. The number of benzene rings is 1. The Labute approximate surface area is 80.7 Å². The predicted octanol–water partition coefficient (Wildman–Crippen LogP) is 2.69. The van der Waals surface area contributed by atoms with E-state index in [0.717, 1.165) is 11.3 Å². The normalized spacial score (nSPS) is 9.15. The summed E-state index contributed by atoms with van der Waals surface area (Å²) in [4.78, 5) is 0. The van der Waals surface area contributed by atoms with Gasteiger partial charge in [0.15, 0.2) is 0 Å². The van der Waals surface area contributed by atoms with E-state index in [2.05, 4.69) is 14.6 Å². The van der Waals surface area contributed by atoms with Gasteiger partial charge in [-0.05, 0) is 29.8 Å². The zero-order chi connectivity index (χ0) is 10.1. The summed E-state index contributed by atoms with van der Waals surface area (Å²) in [5.74, 6) is 0.755. The van der Waals surface area contributed by atoms with Crippen LogP contribution in [0, 0.1) is 0 Å². The maximum atomic E-state index is 8.18. The van der Waals surface area contributed by atoms with Crippen LogP contribution in [0.3, 0.4) is 0 Å². The Hall–Kier alpha value is -1.08. The zero-order valence-corrected chi connectivity index (χ0v) is 8.92. The van der Waals surface area contributed by atoms with Gasteiger partial charge in [-0.1, -0.05) is 19.0 Å². The van der Waals surface area contributed by atoms with E-state index in [1.165, 1.54) is 6.21 Å². The molecule has 72 valence electrons. The van der Waals surface area contributed by atoms with E-state index < -0.39 is 0 Å². The van der Waals surface area contributed by atoms with Crippen LogP contribution >= 0.6 is 9.47 Å². The zero-order valence-electron chi connectivity index (χ0n) is 7.77. The molecule has 0 aliphatic carbocycles. The molecule has 0 heterocycles. The molecule has 0 fully saturated rings. The minimum Gasteiger partial charge on any atom is -0.480 e. The smallest absolute Gasteiger partial charge is 0.122 e. The topological polar surface area (TPSA) is 41.8 Å². The third-order valence-corrected chi connectivity index (χ3v) is 1.50. The molecule has 0 saturated carbocycles. The van der Waals surface area contributed by atoms with E-state index in [9.17, 15) is 0 Å². The van der Waals surface area contributed by atoms with Crippen molar-refractivity contribution in [3.63, 3.8) is 0 Å². The molecule has 4 heteroatoms. The van der Waals surface area contributed by atoms with Gasteiger partial charge in [-0.3, -0.25) is 0 Å². The molecule has 0 amide bonds. The molecule has 1 aromatic rings. The van der Waals surface area contributed by atoms with Crippen LogP contribution in [-0.2, 0) is 0 Å². The maximum Gasteiger partial charge on any atom is 0.122 e. The van der Waals surface area contributed by atoms with Crippen molar-refractivity contribution in [3.05, 3.63) is 29.8 Å². The fraction of sp³-hybridized carbons (Fsp3) is 0.222. The summed E-state index contributed by atoms with van der Waals surface area (Å²) in [5, 5.41) is 11.1. The Bertz CT molecular complexity index is 246.